The summed E-state index contributed by atoms with van der Waals surface area (Å²) in [6.45, 7) is 5.20. The van der Waals surface area contributed by atoms with E-state index < -0.39 is 0 Å². The Morgan fingerprint density at radius 2 is 1.59 bits per heavy atom. The molecule has 32 heavy (non-hydrogen) atoms. The van der Waals surface area contributed by atoms with Crippen LogP contribution in [0.25, 0.3) is 0 Å². The molecule has 1 fully saturated rings. The van der Waals surface area contributed by atoms with Crippen molar-refractivity contribution in [3.63, 3.8) is 0 Å². The molecule has 2 aromatic carbocycles. The lowest BCUT2D eigenvalue weighted by molar-refractivity contribution is -0.114. The van der Waals surface area contributed by atoms with Crippen LogP contribution >= 0.6 is 0 Å². The predicted octanol–water partition coefficient (Wildman–Crippen LogP) is 5.22. The summed E-state index contributed by atoms with van der Waals surface area (Å²) in [5, 5.41) is 9.07. The van der Waals surface area contributed by atoms with Crippen molar-refractivity contribution in [3.05, 3.63) is 54.1 Å². The number of hydrogen-bond donors (Lipinski definition) is 3. The highest BCUT2D eigenvalue weighted by Gasteiger charge is 2.16. The van der Waals surface area contributed by atoms with Crippen molar-refractivity contribution in [2.24, 2.45) is 5.92 Å². The van der Waals surface area contributed by atoms with Crippen molar-refractivity contribution in [2.75, 3.05) is 23.8 Å². The van der Waals surface area contributed by atoms with Crippen molar-refractivity contribution in [2.45, 2.75) is 58.4 Å². The molecule has 0 radical (unpaired) electrons. The van der Waals surface area contributed by atoms with Gasteiger partial charge in [0, 0.05) is 23.0 Å². The maximum Gasteiger partial charge on any atom is 0.251 e. The van der Waals surface area contributed by atoms with E-state index in [9.17, 15) is 9.59 Å². The minimum absolute atomic E-state index is 0.0481. The zero-order chi connectivity index (χ0) is 22.8. The third-order valence-electron chi connectivity index (χ3n) is 5.64. The molecule has 172 valence electrons. The molecule has 3 N–H and O–H groups in total. The summed E-state index contributed by atoms with van der Waals surface area (Å²) in [4.78, 5) is 24.7. The van der Waals surface area contributed by atoms with Crippen molar-refractivity contribution in [3.8, 4) is 5.75 Å². The minimum Gasteiger partial charge on any atom is -0.494 e. The van der Waals surface area contributed by atoms with E-state index in [0.717, 1.165) is 30.7 Å². The Morgan fingerprint density at radius 3 is 2.25 bits per heavy atom. The molecule has 2 aromatic rings. The average Bonchev–Trinajstić information content (AvgIpc) is 2.79. The summed E-state index contributed by atoms with van der Waals surface area (Å²) in [5.74, 6) is 1.24. The second-order valence-corrected chi connectivity index (χ2v) is 8.84. The van der Waals surface area contributed by atoms with Gasteiger partial charge in [-0.1, -0.05) is 33.1 Å². The van der Waals surface area contributed by atoms with Gasteiger partial charge in [-0.2, -0.15) is 0 Å². The van der Waals surface area contributed by atoms with Crippen LogP contribution in [-0.4, -0.2) is 31.0 Å². The molecule has 0 heterocycles. The highest BCUT2D eigenvalue weighted by molar-refractivity contribution is 5.96. The molecule has 0 spiro atoms. The number of carbonyl (C=O) groups excluding carboxylic acids is 2. The molecule has 0 aliphatic heterocycles. The monoisotopic (exact) mass is 437 g/mol. The van der Waals surface area contributed by atoms with Gasteiger partial charge >= 0.3 is 0 Å². The summed E-state index contributed by atoms with van der Waals surface area (Å²) in [7, 11) is 0. The summed E-state index contributed by atoms with van der Waals surface area (Å²) in [5.41, 5.74) is 2.13. The smallest absolute Gasteiger partial charge is 0.251 e. The number of carbonyl (C=O) groups is 2. The largest absolute Gasteiger partial charge is 0.494 e. The lowest BCUT2D eigenvalue weighted by atomic mass is 9.95. The lowest BCUT2D eigenvalue weighted by Gasteiger charge is -2.22. The number of nitrogens with one attached hydrogen (secondary N) is 3. The van der Waals surface area contributed by atoms with E-state index in [0.29, 0.717) is 23.8 Å². The highest BCUT2D eigenvalue weighted by atomic mass is 16.5. The quantitative estimate of drug-likeness (QED) is 0.476. The number of ether oxygens (including phenoxy) is 1. The van der Waals surface area contributed by atoms with Gasteiger partial charge in [0.05, 0.1) is 13.2 Å². The number of hydrogen-bond acceptors (Lipinski definition) is 4. The van der Waals surface area contributed by atoms with Crippen molar-refractivity contribution in [1.29, 1.82) is 0 Å². The molecule has 2 amide bonds. The van der Waals surface area contributed by atoms with E-state index in [4.69, 9.17) is 4.74 Å². The third kappa shape index (κ3) is 7.91. The van der Waals surface area contributed by atoms with Gasteiger partial charge in [-0.05, 0) is 73.7 Å². The van der Waals surface area contributed by atoms with Gasteiger partial charge in [-0.3, -0.25) is 9.59 Å². The zero-order valence-electron chi connectivity index (χ0n) is 19.2. The molecule has 0 bridgehead atoms. The van der Waals surface area contributed by atoms with Gasteiger partial charge in [-0.15, -0.1) is 0 Å². The van der Waals surface area contributed by atoms with Crippen molar-refractivity contribution < 1.29 is 14.3 Å². The SMILES string of the molecule is CC(C)CCOc1ccc(NCC(=O)Nc2ccc(C(=O)NC3CCCCC3)cc2)cc1. The van der Waals surface area contributed by atoms with Crippen molar-refractivity contribution >= 4 is 23.2 Å². The maximum atomic E-state index is 12.4. The fourth-order valence-corrected chi connectivity index (χ4v) is 3.69. The highest BCUT2D eigenvalue weighted by Crippen LogP contribution is 2.19. The number of rotatable bonds is 10. The predicted molar refractivity (Wildman–Crippen MR) is 129 cm³/mol. The molecule has 0 atom stereocenters. The van der Waals surface area contributed by atoms with E-state index in [1.54, 1.807) is 24.3 Å². The Labute approximate surface area is 191 Å². The van der Waals surface area contributed by atoms with Crippen LogP contribution in [0.1, 0.15) is 62.7 Å². The van der Waals surface area contributed by atoms with Crippen LogP contribution in [0.4, 0.5) is 11.4 Å². The number of anilines is 2. The first-order valence-corrected chi connectivity index (χ1v) is 11.7. The first-order chi connectivity index (χ1) is 15.5. The van der Waals surface area contributed by atoms with Gasteiger partial charge in [-0.25, -0.2) is 0 Å². The van der Waals surface area contributed by atoms with E-state index in [2.05, 4.69) is 29.8 Å². The Morgan fingerprint density at radius 1 is 0.938 bits per heavy atom. The summed E-state index contributed by atoms with van der Waals surface area (Å²) >= 11 is 0. The second kappa shape index (κ2) is 12.1. The van der Waals surface area contributed by atoms with Crippen LogP contribution in [0.3, 0.4) is 0 Å². The molecule has 6 nitrogen and oxygen atoms in total. The summed E-state index contributed by atoms with van der Waals surface area (Å²) in [6.07, 6.45) is 6.75. The molecular weight excluding hydrogens is 402 g/mol. The molecule has 3 rings (SSSR count). The van der Waals surface area contributed by atoms with E-state index >= 15 is 0 Å². The van der Waals surface area contributed by atoms with Crippen LogP contribution in [0.5, 0.6) is 5.75 Å². The van der Waals surface area contributed by atoms with E-state index in [1.165, 1.54) is 19.3 Å². The molecule has 1 aliphatic carbocycles. The Balaban J connectivity index is 1.40. The number of amides is 2. The fourth-order valence-electron chi connectivity index (χ4n) is 3.69. The standard InChI is InChI=1S/C26H35N3O3/c1-19(2)16-17-32-24-14-12-21(13-15-24)27-18-25(30)28-23-10-8-20(9-11-23)26(31)29-22-6-4-3-5-7-22/h8-15,19,22,27H,3-7,16-18H2,1-2H3,(H,28,30)(H,29,31). The molecule has 6 heteroatoms. The summed E-state index contributed by atoms with van der Waals surface area (Å²) in [6, 6.07) is 14.9. The first-order valence-electron chi connectivity index (χ1n) is 11.7. The fraction of sp³-hybridized carbons (Fsp3) is 0.462. The van der Waals surface area contributed by atoms with Gasteiger partial charge < -0.3 is 20.7 Å². The van der Waals surface area contributed by atoms with Gasteiger partial charge in [0.1, 0.15) is 5.75 Å². The van der Waals surface area contributed by atoms with Gasteiger partial charge in [0.2, 0.25) is 5.91 Å². The van der Waals surface area contributed by atoms with Gasteiger partial charge in [0.25, 0.3) is 5.91 Å². The van der Waals surface area contributed by atoms with E-state index in [-0.39, 0.29) is 24.4 Å². The first kappa shape index (κ1) is 23.6. The van der Waals surface area contributed by atoms with Gasteiger partial charge in [0.15, 0.2) is 0 Å². The molecular formula is C26H35N3O3. The van der Waals surface area contributed by atoms with Crippen molar-refractivity contribution in [1.82, 2.24) is 5.32 Å². The molecule has 0 unspecified atom stereocenters. The molecule has 0 aromatic heterocycles. The normalized spacial score (nSPS) is 14.1. The summed E-state index contributed by atoms with van der Waals surface area (Å²) < 4.78 is 5.71. The second-order valence-electron chi connectivity index (χ2n) is 8.84. The molecule has 1 saturated carbocycles. The van der Waals surface area contributed by atoms with E-state index in [1.807, 2.05) is 24.3 Å². The Kier molecular flexibility index (Phi) is 8.96. The zero-order valence-corrected chi connectivity index (χ0v) is 19.2. The molecule has 0 saturated heterocycles. The topological polar surface area (TPSA) is 79.5 Å². The third-order valence-corrected chi connectivity index (χ3v) is 5.64. The van der Waals surface area contributed by atoms with Crippen LogP contribution in [-0.2, 0) is 4.79 Å². The minimum atomic E-state index is -0.151. The Bertz CT molecular complexity index is 857. The van der Waals surface area contributed by atoms with Crippen LogP contribution in [0.2, 0.25) is 0 Å². The average molecular weight is 438 g/mol. The van der Waals surface area contributed by atoms with Crippen LogP contribution in [0.15, 0.2) is 48.5 Å². The maximum absolute atomic E-state index is 12.4. The molecule has 1 aliphatic rings. The Hall–Kier alpha value is -3.02. The lowest BCUT2D eigenvalue weighted by Crippen LogP contribution is -2.36. The number of benzene rings is 2. The van der Waals surface area contributed by atoms with Crippen LogP contribution in [0, 0.1) is 5.92 Å². The van der Waals surface area contributed by atoms with Crippen LogP contribution < -0.4 is 20.7 Å².